The SMILES string of the molecule is COc1cc(-c2c[nH]c3ncc(-c4cc(C=CC(N)=O)ccn4)cc23)ccn1. The van der Waals surface area contributed by atoms with E-state index in [1.807, 2.05) is 30.5 Å². The van der Waals surface area contributed by atoms with Gasteiger partial charge in [0.1, 0.15) is 5.65 Å². The number of ether oxygens (including phenoxy) is 1. The minimum Gasteiger partial charge on any atom is -0.481 e. The second kappa shape index (κ2) is 7.32. The van der Waals surface area contributed by atoms with E-state index in [1.54, 1.807) is 37.8 Å². The van der Waals surface area contributed by atoms with E-state index in [2.05, 4.69) is 19.9 Å². The Balaban J connectivity index is 1.78. The molecule has 0 atom stereocenters. The second-order valence-electron chi connectivity index (χ2n) is 6.12. The predicted octanol–water partition coefficient (Wildman–Crippen LogP) is 3.19. The summed E-state index contributed by atoms with van der Waals surface area (Å²) in [6.07, 6.45) is 10.0. The summed E-state index contributed by atoms with van der Waals surface area (Å²) in [5.41, 5.74) is 10.4. The summed E-state index contributed by atoms with van der Waals surface area (Å²) >= 11 is 0. The van der Waals surface area contributed by atoms with Crippen LogP contribution in [0.4, 0.5) is 0 Å². The number of nitrogens with two attached hydrogens (primary N) is 1. The molecule has 138 valence electrons. The summed E-state index contributed by atoms with van der Waals surface area (Å²) in [6.45, 7) is 0. The van der Waals surface area contributed by atoms with Crippen LogP contribution in [0.15, 0.2) is 61.2 Å². The molecule has 1 amide bonds. The molecule has 4 rings (SSSR count). The van der Waals surface area contributed by atoms with Crippen LogP contribution >= 0.6 is 0 Å². The summed E-state index contributed by atoms with van der Waals surface area (Å²) in [4.78, 5) is 27.2. The van der Waals surface area contributed by atoms with Crippen molar-refractivity contribution in [2.75, 3.05) is 7.11 Å². The number of fused-ring (bicyclic) bond motifs is 1. The van der Waals surface area contributed by atoms with E-state index in [9.17, 15) is 4.79 Å². The van der Waals surface area contributed by atoms with E-state index in [0.717, 1.165) is 39.0 Å². The fourth-order valence-corrected chi connectivity index (χ4v) is 2.96. The van der Waals surface area contributed by atoms with E-state index in [4.69, 9.17) is 10.5 Å². The summed E-state index contributed by atoms with van der Waals surface area (Å²) in [7, 11) is 1.59. The zero-order chi connectivity index (χ0) is 19.5. The highest BCUT2D eigenvalue weighted by atomic mass is 16.5. The Morgan fingerprint density at radius 3 is 2.79 bits per heavy atom. The molecule has 0 radical (unpaired) electrons. The Labute approximate surface area is 160 Å². The van der Waals surface area contributed by atoms with Gasteiger partial charge in [0, 0.05) is 53.4 Å². The van der Waals surface area contributed by atoms with Crippen molar-refractivity contribution in [3.05, 3.63) is 66.8 Å². The van der Waals surface area contributed by atoms with Crippen molar-refractivity contribution in [3.63, 3.8) is 0 Å². The first-order valence-electron chi connectivity index (χ1n) is 8.55. The number of nitrogens with zero attached hydrogens (tertiary/aromatic N) is 3. The van der Waals surface area contributed by atoms with Crippen molar-refractivity contribution >= 4 is 23.0 Å². The first-order chi connectivity index (χ1) is 13.6. The van der Waals surface area contributed by atoms with Crippen molar-refractivity contribution in [1.29, 1.82) is 0 Å². The van der Waals surface area contributed by atoms with Crippen LogP contribution in [0, 0.1) is 0 Å². The van der Waals surface area contributed by atoms with Gasteiger partial charge in [0.15, 0.2) is 0 Å². The first kappa shape index (κ1) is 17.4. The van der Waals surface area contributed by atoms with Crippen LogP contribution in [0.1, 0.15) is 5.56 Å². The zero-order valence-electron chi connectivity index (χ0n) is 15.1. The molecule has 0 bridgehead atoms. The van der Waals surface area contributed by atoms with Gasteiger partial charge in [-0.15, -0.1) is 0 Å². The third-order valence-corrected chi connectivity index (χ3v) is 4.31. The number of hydrogen-bond acceptors (Lipinski definition) is 5. The molecular weight excluding hydrogens is 354 g/mol. The maximum Gasteiger partial charge on any atom is 0.241 e. The van der Waals surface area contributed by atoms with Gasteiger partial charge < -0.3 is 15.5 Å². The molecule has 4 heterocycles. The lowest BCUT2D eigenvalue weighted by Gasteiger charge is -2.05. The molecule has 7 nitrogen and oxygen atoms in total. The molecule has 0 aromatic carbocycles. The Hall–Kier alpha value is -4.00. The minimum atomic E-state index is -0.494. The van der Waals surface area contributed by atoms with Crippen LogP contribution in [-0.4, -0.2) is 33.0 Å². The van der Waals surface area contributed by atoms with Gasteiger partial charge in [-0.05, 0) is 41.5 Å². The molecule has 0 fully saturated rings. The fraction of sp³-hybridized carbons (Fsp3) is 0.0476. The molecule has 0 aliphatic rings. The molecule has 0 saturated carbocycles. The number of methoxy groups -OCH3 is 1. The molecular formula is C21H17N5O2. The van der Waals surface area contributed by atoms with Gasteiger partial charge in [0.05, 0.1) is 12.8 Å². The van der Waals surface area contributed by atoms with Gasteiger partial charge in [-0.3, -0.25) is 9.78 Å². The number of pyridine rings is 3. The highest BCUT2D eigenvalue weighted by molar-refractivity contribution is 5.96. The van der Waals surface area contributed by atoms with Crippen molar-refractivity contribution < 1.29 is 9.53 Å². The van der Waals surface area contributed by atoms with Crippen molar-refractivity contribution in [2.24, 2.45) is 5.73 Å². The van der Waals surface area contributed by atoms with Gasteiger partial charge in [-0.1, -0.05) is 0 Å². The number of rotatable bonds is 5. The summed E-state index contributed by atoms with van der Waals surface area (Å²) < 4.78 is 5.22. The van der Waals surface area contributed by atoms with Crippen molar-refractivity contribution in [1.82, 2.24) is 19.9 Å². The lowest BCUT2D eigenvalue weighted by atomic mass is 10.0. The monoisotopic (exact) mass is 371 g/mol. The molecule has 0 unspecified atom stereocenters. The van der Waals surface area contributed by atoms with Gasteiger partial charge >= 0.3 is 0 Å². The third kappa shape index (κ3) is 3.45. The smallest absolute Gasteiger partial charge is 0.241 e. The molecule has 3 N–H and O–H groups in total. The van der Waals surface area contributed by atoms with Gasteiger partial charge in [0.25, 0.3) is 0 Å². The predicted molar refractivity (Wildman–Crippen MR) is 107 cm³/mol. The number of primary amides is 1. The normalized spacial score (nSPS) is 11.2. The Kier molecular flexibility index (Phi) is 4.55. The Bertz CT molecular complexity index is 1200. The average molecular weight is 371 g/mol. The van der Waals surface area contributed by atoms with Crippen LogP contribution in [-0.2, 0) is 4.79 Å². The lowest BCUT2D eigenvalue weighted by molar-refractivity contribution is -0.113. The van der Waals surface area contributed by atoms with E-state index < -0.39 is 5.91 Å². The summed E-state index contributed by atoms with van der Waals surface area (Å²) in [6, 6.07) is 9.52. The third-order valence-electron chi connectivity index (χ3n) is 4.31. The average Bonchev–Trinajstić information content (AvgIpc) is 3.16. The summed E-state index contributed by atoms with van der Waals surface area (Å²) in [5, 5.41) is 0.964. The number of aromatic amines is 1. The van der Waals surface area contributed by atoms with Gasteiger partial charge in [-0.25, -0.2) is 9.97 Å². The molecule has 0 aliphatic heterocycles. The highest BCUT2D eigenvalue weighted by Crippen LogP contribution is 2.31. The van der Waals surface area contributed by atoms with E-state index in [1.165, 1.54) is 6.08 Å². The van der Waals surface area contributed by atoms with Crippen LogP contribution in [0.3, 0.4) is 0 Å². The Morgan fingerprint density at radius 1 is 1.11 bits per heavy atom. The van der Waals surface area contributed by atoms with Gasteiger partial charge in [0.2, 0.25) is 11.8 Å². The molecule has 0 aliphatic carbocycles. The van der Waals surface area contributed by atoms with Crippen molar-refractivity contribution in [3.8, 4) is 28.3 Å². The number of amides is 1. The van der Waals surface area contributed by atoms with Crippen molar-refractivity contribution in [2.45, 2.75) is 0 Å². The quantitative estimate of drug-likeness (QED) is 0.524. The molecule has 4 aromatic heterocycles. The first-order valence-corrected chi connectivity index (χ1v) is 8.55. The number of hydrogen-bond donors (Lipinski definition) is 2. The lowest BCUT2D eigenvalue weighted by Crippen LogP contribution is -2.05. The number of H-pyrrole nitrogens is 1. The number of aromatic nitrogens is 4. The largest absolute Gasteiger partial charge is 0.481 e. The van der Waals surface area contributed by atoms with E-state index >= 15 is 0 Å². The second-order valence-corrected chi connectivity index (χ2v) is 6.12. The molecule has 0 saturated heterocycles. The number of carbonyl (C=O) groups excluding carboxylic acids is 1. The number of carbonyl (C=O) groups is 1. The van der Waals surface area contributed by atoms with E-state index in [0.29, 0.717) is 5.88 Å². The van der Waals surface area contributed by atoms with E-state index in [-0.39, 0.29) is 0 Å². The topological polar surface area (TPSA) is 107 Å². The zero-order valence-corrected chi connectivity index (χ0v) is 15.1. The number of nitrogens with one attached hydrogen (secondary N) is 1. The maximum absolute atomic E-state index is 11.0. The van der Waals surface area contributed by atoms with Crippen LogP contribution < -0.4 is 10.5 Å². The fourth-order valence-electron chi connectivity index (χ4n) is 2.96. The van der Waals surface area contributed by atoms with Crippen LogP contribution in [0.25, 0.3) is 39.5 Å². The van der Waals surface area contributed by atoms with Gasteiger partial charge in [-0.2, -0.15) is 0 Å². The molecule has 0 spiro atoms. The highest BCUT2D eigenvalue weighted by Gasteiger charge is 2.11. The minimum absolute atomic E-state index is 0.494. The standard InChI is InChI=1S/C21H17N5O2/c1-28-20-10-14(5-7-24-20)17-12-26-21-16(17)9-15(11-25-21)18-8-13(4-6-23-18)2-3-19(22)27/h2-12H,1H3,(H2,22,27)(H,25,26). The Morgan fingerprint density at radius 2 is 1.96 bits per heavy atom. The maximum atomic E-state index is 11.0. The molecule has 28 heavy (non-hydrogen) atoms. The molecule has 7 heteroatoms. The van der Waals surface area contributed by atoms with Crippen LogP contribution in [0.5, 0.6) is 5.88 Å². The van der Waals surface area contributed by atoms with Crippen LogP contribution in [0.2, 0.25) is 0 Å². The summed E-state index contributed by atoms with van der Waals surface area (Å²) in [5.74, 6) is 0.0535. The molecule has 4 aromatic rings.